The summed E-state index contributed by atoms with van der Waals surface area (Å²) < 4.78 is 39.5. The molecule has 0 saturated heterocycles. The zero-order chi connectivity index (χ0) is 15.6. The van der Waals surface area contributed by atoms with Crippen molar-refractivity contribution in [2.24, 2.45) is 0 Å². The summed E-state index contributed by atoms with van der Waals surface area (Å²) in [6.07, 6.45) is 0. The number of hydrogen-bond donors (Lipinski definition) is 2. The van der Waals surface area contributed by atoms with Crippen molar-refractivity contribution in [2.75, 3.05) is 7.05 Å². The lowest BCUT2D eigenvalue weighted by atomic mass is 10.2. The summed E-state index contributed by atoms with van der Waals surface area (Å²) in [7, 11) is -2.57. The molecule has 0 aliphatic carbocycles. The molecule has 0 aliphatic heterocycles. The maximum atomic E-state index is 13.6. The van der Waals surface area contributed by atoms with Gasteiger partial charge in [-0.1, -0.05) is 18.2 Å². The van der Waals surface area contributed by atoms with Crippen molar-refractivity contribution in [2.45, 2.75) is 25.1 Å². The second kappa shape index (κ2) is 5.92. The molecule has 6 nitrogen and oxygen atoms in total. The molecule has 0 fully saturated rings. The highest BCUT2D eigenvalue weighted by Crippen LogP contribution is 2.21. The third-order valence-electron chi connectivity index (χ3n) is 3.20. The second-order valence-electron chi connectivity index (χ2n) is 4.64. The number of rotatable bonds is 5. The molecule has 1 aromatic carbocycles. The van der Waals surface area contributed by atoms with E-state index < -0.39 is 22.4 Å². The number of aromatic nitrogens is 2. The Morgan fingerprint density at radius 3 is 2.67 bits per heavy atom. The average molecular weight is 313 g/mol. The van der Waals surface area contributed by atoms with Crippen molar-refractivity contribution >= 4 is 10.0 Å². The molecule has 8 heteroatoms. The van der Waals surface area contributed by atoms with E-state index in [4.69, 9.17) is 0 Å². The number of aliphatic hydroxyl groups is 1. The molecule has 0 bridgehead atoms. The zero-order valence-corrected chi connectivity index (χ0v) is 12.5. The van der Waals surface area contributed by atoms with Crippen LogP contribution in [0.25, 0.3) is 0 Å². The fraction of sp³-hybridized carbons (Fsp3) is 0.308. The Kier molecular flexibility index (Phi) is 4.40. The number of sulfonamides is 1. The molecule has 2 rings (SSSR count). The molecular formula is C13H16FN3O3S. The number of nitrogens with one attached hydrogen (secondary N) is 1. The van der Waals surface area contributed by atoms with Crippen molar-refractivity contribution < 1.29 is 17.9 Å². The van der Waals surface area contributed by atoms with Gasteiger partial charge in [-0.05, 0) is 13.0 Å². The van der Waals surface area contributed by atoms with Crippen LogP contribution in [0.1, 0.15) is 16.8 Å². The van der Waals surface area contributed by atoms with E-state index >= 15 is 0 Å². The fourth-order valence-corrected chi connectivity index (χ4v) is 3.22. The minimum absolute atomic E-state index is 0.119. The molecule has 0 spiro atoms. The molecule has 114 valence electrons. The van der Waals surface area contributed by atoms with E-state index in [2.05, 4.69) is 10.2 Å². The zero-order valence-electron chi connectivity index (χ0n) is 11.7. The minimum atomic E-state index is -3.91. The van der Waals surface area contributed by atoms with Gasteiger partial charge in [0, 0.05) is 30.4 Å². The third-order valence-corrected chi connectivity index (χ3v) is 4.98. The molecule has 0 unspecified atom stereocenters. The summed E-state index contributed by atoms with van der Waals surface area (Å²) in [4.78, 5) is 0. The van der Waals surface area contributed by atoms with Crippen LogP contribution >= 0.6 is 0 Å². The number of hydrogen-bond acceptors (Lipinski definition) is 4. The number of aryl methyl sites for hydroxylation is 1. The van der Waals surface area contributed by atoms with Gasteiger partial charge in [0.1, 0.15) is 5.82 Å². The lowest BCUT2D eigenvalue weighted by molar-refractivity contribution is 0.277. The number of aromatic amines is 1. The van der Waals surface area contributed by atoms with Gasteiger partial charge in [0.2, 0.25) is 0 Å². The predicted molar refractivity (Wildman–Crippen MR) is 74.3 cm³/mol. The van der Waals surface area contributed by atoms with Crippen LogP contribution in [0.15, 0.2) is 29.3 Å². The highest BCUT2D eigenvalue weighted by atomic mass is 32.2. The molecule has 0 radical (unpaired) electrons. The predicted octanol–water partition coefficient (Wildman–Crippen LogP) is 1.17. The molecule has 21 heavy (non-hydrogen) atoms. The molecular weight excluding hydrogens is 297 g/mol. The van der Waals surface area contributed by atoms with Gasteiger partial charge in [-0.2, -0.15) is 9.40 Å². The number of benzene rings is 1. The van der Waals surface area contributed by atoms with Gasteiger partial charge < -0.3 is 5.11 Å². The maximum absolute atomic E-state index is 13.6. The Morgan fingerprint density at radius 2 is 2.05 bits per heavy atom. The maximum Gasteiger partial charge on any atom is 0.262 e. The van der Waals surface area contributed by atoms with Gasteiger partial charge >= 0.3 is 0 Å². The van der Waals surface area contributed by atoms with E-state index in [1.165, 1.54) is 25.2 Å². The van der Waals surface area contributed by atoms with Crippen molar-refractivity contribution in [3.63, 3.8) is 0 Å². The quantitative estimate of drug-likeness (QED) is 0.867. The molecule has 2 aromatic rings. The van der Waals surface area contributed by atoms with Crippen LogP contribution in [0.2, 0.25) is 0 Å². The smallest absolute Gasteiger partial charge is 0.262 e. The highest BCUT2D eigenvalue weighted by molar-refractivity contribution is 7.89. The first-order valence-electron chi connectivity index (χ1n) is 6.22. The van der Waals surface area contributed by atoms with Crippen molar-refractivity contribution in [3.8, 4) is 0 Å². The van der Waals surface area contributed by atoms with Gasteiger partial charge in [0.15, 0.2) is 5.03 Å². The van der Waals surface area contributed by atoms with Crippen molar-refractivity contribution in [3.05, 3.63) is 46.9 Å². The average Bonchev–Trinajstić information content (AvgIpc) is 2.82. The monoisotopic (exact) mass is 313 g/mol. The number of nitrogens with zero attached hydrogens (tertiary/aromatic N) is 2. The van der Waals surface area contributed by atoms with Gasteiger partial charge in [0.05, 0.1) is 6.61 Å². The van der Waals surface area contributed by atoms with Gasteiger partial charge in [-0.3, -0.25) is 5.10 Å². The van der Waals surface area contributed by atoms with Crippen LogP contribution < -0.4 is 0 Å². The Labute approximate surface area is 122 Å². The van der Waals surface area contributed by atoms with E-state index in [1.54, 1.807) is 13.0 Å². The first-order valence-corrected chi connectivity index (χ1v) is 7.66. The first-order chi connectivity index (χ1) is 9.87. The van der Waals surface area contributed by atoms with E-state index in [1.807, 2.05) is 0 Å². The molecule has 0 saturated carbocycles. The molecule has 0 amide bonds. The molecule has 0 aliphatic rings. The van der Waals surface area contributed by atoms with Gasteiger partial charge in [0.25, 0.3) is 10.0 Å². The highest BCUT2D eigenvalue weighted by Gasteiger charge is 2.28. The molecule has 1 heterocycles. The van der Waals surface area contributed by atoms with E-state index in [0.29, 0.717) is 5.69 Å². The minimum Gasteiger partial charge on any atom is -0.392 e. The van der Waals surface area contributed by atoms with Crippen LogP contribution in [0.4, 0.5) is 4.39 Å². The summed E-state index contributed by atoms with van der Waals surface area (Å²) in [5.41, 5.74) is 0.965. The lowest BCUT2D eigenvalue weighted by Gasteiger charge is -2.16. The van der Waals surface area contributed by atoms with Crippen LogP contribution in [-0.2, 0) is 23.2 Å². The van der Waals surface area contributed by atoms with Crippen LogP contribution in [0.3, 0.4) is 0 Å². The summed E-state index contributed by atoms with van der Waals surface area (Å²) >= 11 is 0. The van der Waals surface area contributed by atoms with Crippen LogP contribution in [0, 0.1) is 12.7 Å². The third kappa shape index (κ3) is 2.97. The Hall–Kier alpha value is -1.77. The van der Waals surface area contributed by atoms with Crippen molar-refractivity contribution in [1.82, 2.24) is 14.5 Å². The largest absolute Gasteiger partial charge is 0.392 e. The standard InChI is InChI=1S/C13H16FN3O3S/c1-9-11(8-18)13(16-15-9)21(19,20)17(2)7-10-5-3-4-6-12(10)14/h3-6,18H,7-8H2,1-2H3,(H,15,16). The number of halogens is 1. The van der Waals surface area contributed by atoms with Gasteiger partial charge in [-0.15, -0.1) is 0 Å². The topological polar surface area (TPSA) is 86.3 Å². The molecule has 2 N–H and O–H groups in total. The lowest BCUT2D eigenvalue weighted by Crippen LogP contribution is -2.28. The van der Waals surface area contributed by atoms with Crippen molar-refractivity contribution in [1.29, 1.82) is 0 Å². The summed E-state index contributed by atoms with van der Waals surface area (Å²) in [6, 6.07) is 5.96. The number of aliphatic hydroxyl groups excluding tert-OH is 1. The fourth-order valence-electron chi connectivity index (χ4n) is 1.93. The van der Waals surface area contributed by atoms with Crippen LogP contribution in [0.5, 0.6) is 0 Å². The van der Waals surface area contributed by atoms with Gasteiger partial charge in [-0.25, -0.2) is 12.8 Å². The van der Waals surface area contributed by atoms with Crippen LogP contribution in [-0.4, -0.2) is 35.1 Å². The summed E-state index contributed by atoms with van der Waals surface area (Å²) in [6.45, 7) is 1.06. The molecule has 1 aromatic heterocycles. The van der Waals surface area contributed by atoms with E-state index in [-0.39, 0.29) is 22.7 Å². The summed E-state index contributed by atoms with van der Waals surface area (Å²) in [5.74, 6) is -0.472. The SMILES string of the molecule is Cc1[nH]nc(S(=O)(=O)N(C)Cc2ccccc2F)c1CO. The van der Waals surface area contributed by atoms with E-state index in [0.717, 1.165) is 4.31 Å². The first kappa shape index (κ1) is 15.6. The normalized spacial score (nSPS) is 12.0. The Balaban J connectivity index is 2.33. The summed E-state index contributed by atoms with van der Waals surface area (Å²) in [5, 5.41) is 15.3. The Bertz CT molecular complexity index is 743. The Morgan fingerprint density at radius 1 is 1.38 bits per heavy atom. The second-order valence-corrected chi connectivity index (χ2v) is 6.60. The number of H-pyrrole nitrogens is 1. The van der Waals surface area contributed by atoms with E-state index in [9.17, 15) is 17.9 Å². The molecule has 0 atom stereocenters.